The highest BCUT2D eigenvalue weighted by atomic mass is 32.1. The van der Waals surface area contributed by atoms with E-state index < -0.39 is 0 Å². The van der Waals surface area contributed by atoms with Crippen molar-refractivity contribution in [3.63, 3.8) is 0 Å². The van der Waals surface area contributed by atoms with Crippen molar-refractivity contribution in [3.8, 4) is 11.3 Å². The maximum absolute atomic E-state index is 12.7. The molecule has 2 heterocycles. The van der Waals surface area contributed by atoms with Crippen LogP contribution in [0.2, 0.25) is 0 Å². The zero-order valence-corrected chi connectivity index (χ0v) is 16.6. The molecule has 1 aliphatic rings. The maximum Gasteiger partial charge on any atom is 0.323 e. The number of anilines is 1. The van der Waals surface area contributed by atoms with Crippen molar-refractivity contribution in [1.29, 1.82) is 0 Å². The summed E-state index contributed by atoms with van der Waals surface area (Å²) in [5.74, 6) is 0. The first kappa shape index (κ1) is 18.7. The second kappa shape index (κ2) is 8.99. The van der Waals surface area contributed by atoms with Crippen LogP contribution in [0, 0.1) is 0 Å². The number of amides is 2. The third-order valence-electron chi connectivity index (χ3n) is 4.91. The first-order chi connectivity index (χ1) is 13.8. The van der Waals surface area contributed by atoms with Crippen LogP contribution >= 0.6 is 11.3 Å². The van der Waals surface area contributed by atoms with E-state index in [0.717, 1.165) is 50.4 Å². The van der Waals surface area contributed by atoms with Crippen molar-refractivity contribution in [2.45, 2.75) is 13.0 Å². The van der Waals surface area contributed by atoms with Crippen LogP contribution in [-0.4, -0.2) is 47.0 Å². The molecule has 0 bridgehead atoms. The summed E-state index contributed by atoms with van der Waals surface area (Å²) in [6.45, 7) is 4.33. The van der Waals surface area contributed by atoms with Crippen molar-refractivity contribution >= 4 is 22.5 Å². The van der Waals surface area contributed by atoms with Crippen LogP contribution in [0.3, 0.4) is 0 Å². The van der Waals surface area contributed by atoms with E-state index in [1.54, 1.807) is 0 Å². The average Bonchev–Trinajstić information content (AvgIpc) is 3.07. The minimum absolute atomic E-state index is 0.0597. The van der Waals surface area contributed by atoms with Gasteiger partial charge in [-0.05, 0) is 12.0 Å². The molecule has 0 radical (unpaired) electrons. The molecular weight excluding hydrogens is 368 g/mol. The highest BCUT2D eigenvalue weighted by molar-refractivity contribution is 7.14. The number of thiazole rings is 1. The summed E-state index contributed by atoms with van der Waals surface area (Å²) in [4.78, 5) is 21.6. The smallest absolute Gasteiger partial charge is 0.323 e. The molecule has 2 aromatic carbocycles. The van der Waals surface area contributed by atoms with Crippen molar-refractivity contribution < 1.29 is 4.79 Å². The minimum Gasteiger partial charge on any atom is -0.323 e. The van der Waals surface area contributed by atoms with Crippen LogP contribution in [0.5, 0.6) is 0 Å². The fraction of sp³-hybridized carbons (Fsp3) is 0.273. The van der Waals surface area contributed by atoms with Crippen LogP contribution in [0.1, 0.15) is 12.0 Å². The molecule has 0 aliphatic carbocycles. The third-order valence-corrected chi connectivity index (χ3v) is 5.67. The molecule has 6 heteroatoms. The highest BCUT2D eigenvalue weighted by Crippen LogP contribution is 2.24. The largest absolute Gasteiger partial charge is 0.323 e. The monoisotopic (exact) mass is 392 g/mol. The first-order valence-electron chi connectivity index (χ1n) is 9.61. The van der Waals surface area contributed by atoms with Crippen LogP contribution in [0.25, 0.3) is 11.3 Å². The fourth-order valence-electron chi connectivity index (χ4n) is 3.42. The van der Waals surface area contributed by atoms with Gasteiger partial charge in [-0.2, -0.15) is 0 Å². The van der Waals surface area contributed by atoms with Gasteiger partial charge in [-0.1, -0.05) is 60.7 Å². The number of urea groups is 1. The Bertz CT molecular complexity index is 897. The van der Waals surface area contributed by atoms with Gasteiger partial charge in [0.05, 0.1) is 5.69 Å². The Balaban J connectivity index is 1.32. The van der Waals surface area contributed by atoms with Gasteiger partial charge in [0.25, 0.3) is 0 Å². The zero-order chi connectivity index (χ0) is 19.2. The Morgan fingerprint density at radius 1 is 0.964 bits per heavy atom. The Morgan fingerprint density at radius 2 is 1.71 bits per heavy atom. The summed E-state index contributed by atoms with van der Waals surface area (Å²) in [6, 6.07) is 20.5. The molecule has 2 amide bonds. The van der Waals surface area contributed by atoms with E-state index in [4.69, 9.17) is 0 Å². The summed E-state index contributed by atoms with van der Waals surface area (Å²) in [7, 11) is 0. The van der Waals surface area contributed by atoms with Gasteiger partial charge in [0, 0.05) is 43.7 Å². The van der Waals surface area contributed by atoms with Gasteiger partial charge in [0.2, 0.25) is 0 Å². The number of nitrogens with one attached hydrogen (secondary N) is 1. The molecule has 4 rings (SSSR count). The highest BCUT2D eigenvalue weighted by Gasteiger charge is 2.20. The van der Waals surface area contributed by atoms with Crippen LogP contribution in [-0.2, 0) is 6.54 Å². The molecule has 5 nitrogen and oxygen atoms in total. The van der Waals surface area contributed by atoms with Crippen molar-refractivity contribution in [3.05, 3.63) is 71.6 Å². The second-order valence-electron chi connectivity index (χ2n) is 6.94. The van der Waals surface area contributed by atoms with Gasteiger partial charge >= 0.3 is 6.03 Å². The lowest BCUT2D eigenvalue weighted by atomic mass is 10.2. The van der Waals surface area contributed by atoms with E-state index in [0.29, 0.717) is 5.13 Å². The summed E-state index contributed by atoms with van der Waals surface area (Å²) in [5, 5.41) is 5.60. The van der Waals surface area contributed by atoms with Crippen molar-refractivity contribution in [1.82, 2.24) is 14.8 Å². The van der Waals surface area contributed by atoms with Crippen LogP contribution < -0.4 is 5.32 Å². The lowest BCUT2D eigenvalue weighted by Crippen LogP contribution is -2.38. The molecule has 0 spiro atoms. The van der Waals surface area contributed by atoms with E-state index in [-0.39, 0.29) is 6.03 Å². The molecular formula is C22H24N4OS. The minimum atomic E-state index is -0.0597. The number of hydrogen-bond acceptors (Lipinski definition) is 4. The lowest BCUT2D eigenvalue weighted by molar-refractivity contribution is 0.211. The number of carbonyl (C=O) groups excluding carboxylic acids is 1. The molecule has 28 heavy (non-hydrogen) atoms. The SMILES string of the molecule is O=C(Nc1nc(-c2ccccc2)cs1)N1CCCN(Cc2ccccc2)CC1. The number of benzene rings is 2. The first-order valence-corrected chi connectivity index (χ1v) is 10.5. The van der Waals surface area contributed by atoms with Gasteiger partial charge < -0.3 is 4.90 Å². The molecule has 0 unspecified atom stereocenters. The number of aromatic nitrogens is 1. The topological polar surface area (TPSA) is 48.5 Å². The Labute approximate surface area is 169 Å². The molecule has 3 aromatic rings. The summed E-state index contributed by atoms with van der Waals surface area (Å²) >= 11 is 1.46. The normalized spacial score (nSPS) is 15.2. The molecule has 144 valence electrons. The zero-order valence-electron chi connectivity index (χ0n) is 15.8. The predicted molar refractivity (Wildman–Crippen MR) is 114 cm³/mol. The van der Waals surface area contributed by atoms with Gasteiger partial charge in [-0.15, -0.1) is 11.3 Å². The van der Waals surface area contributed by atoms with Crippen LogP contribution in [0.15, 0.2) is 66.0 Å². The maximum atomic E-state index is 12.7. The fourth-order valence-corrected chi connectivity index (χ4v) is 4.13. The van der Waals surface area contributed by atoms with E-state index in [9.17, 15) is 4.79 Å². The molecule has 1 aliphatic heterocycles. The predicted octanol–water partition coefficient (Wildman–Crippen LogP) is 4.55. The molecule has 0 atom stereocenters. The molecule has 1 N–H and O–H groups in total. The number of carbonyl (C=O) groups is 1. The Morgan fingerprint density at radius 3 is 2.50 bits per heavy atom. The molecule has 0 saturated carbocycles. The summed E-state index contributed by atoms with van der Waals surface area (Å²) < 4.78 is 0. The number of nitrogens with zero attached hydrogens (tertiary/aromatic N) is 3. The number of rotatable bonds is 4. The van der Waals surface area contributed by atoms with E-state index in [2.05, 4.69) is 39.5 Å². The standard InChI is InChI=1S/C22H24N4OS/c27-22(24-21-23-20(17-28-21)19-10-5-2-6-11-19)26-13-7-12-25(14-15-26)16-18-8-3-1-4-9-18/h1-6,8-11,17H,7,12-16H2,(H,23,24,27). The van der Waals surface area contributed by atoms with Crippen molar-refractivity contribution in [2.75, 3.05) is 31.5 Å². The van der Waals surface area contributed by atoms with E-state index >= 15 is 0 Å². The summed E-state index contributed by atoms with van der Waals surface area (Å²) in [5.41, 5.74) is 3.27. The third kappa shape index (κ3) is 4.77. The van der Waals surface area contributed by atoms with Gasteiger partial charge in [0.1, 0.15) is 0 Å². The molecule has 1 aromatic heterocycles. The Kier molecular flexibility index (Phi) is 5.99. The van der Waals surface area contributed by atoms with Gasteiger partial charge in [-0.3, -0.25) is 10.2 Å². The lowest BCUT2D eigenvalue weighted by Gasteiger charge is -2.22. The molecule has 1 saturated heterocycles. The van der Waals surface area contributed by atoms with E-state index in [1.165, 1.54) is 16.9 Å². The number of hydrogen-bond donors (Lipinski definition) is 1. The second-order valence-corrected chi connectivity index (χ2v) is 7.79. The van der Waals surface area contributed by atoms with E-state index in [1.807, 2.05) is 46.7 Å². The quantitative estimate of drug-likeness (QED) is 0.709. The molecule has 1 fully saturated rings. The van der Waals surface area contributed by atoms with Crippen molar-refractivity contribution in [2.24, 2.45) is 0 Å². The average molecular weight is 393 g/mol. The Hall–Kier alpha value is -2.70. The van der Waals surface area contributed by atoms with Gasteiger partial charge in [0.15, 0.2) is 5.13 Å². The van der Waals surface area contributed by atoms with Crippen LogP contribution in [0.4, 0.5) is 9.93 Å². The summed E-state index contributed by atoms with van der Waals surface area (Å²) in [6.07, 6.45) is 0.980. The van der Waals surface area contributed by atoms with Gasteiger partial charge in [-0.25, -0.2) is 9.78 Å².